The lowest BCUT2D eigenvalue weighted by Crippen LogP contribution is -2.27. The lowest BCUT2D eigenvalue weighted by Gasteiger charge is -2.76. The molecule has 6 heteroatoms. The molecule has 0 nitrogen and oxygen atoms in total. The quantitative estimate of drug-likeness (QED) is 0.196. The van der Waals surface area contributed by atoms with Crippen molar-refractivity contribution in [2.75, 3.05) is 29.3 Å². The Kier molecular flexibility index (Phi) is 11.4. The van der Waals surface area contributed by atoms with Crippen LogP contribution < -0.4 is 0 Å². The minimum atomic E-state index is -2.42. The lowest BCUT2D eigenvalue weighted by atomic mass is 10.3. The Morgan fingerprint density at radius 1 is 0.826 bits per heavy atom. The van der Waals surface area contributed by atoms with E-state index in [9.17, 15) is 0 Å². The van der Waals surface area contributed by atoms with E-state index in [4.69, 9.17) is 0 Å². The Balaban J connectivity index is 6.19. The Labute approximate surface area is 164 Å². The van der Waals surface area contributed by atoms with Crippen molar-refractivity contribution in [1.82, 2.24) is 0 Å². The molecule has 0 rings (SSSR count). The van der Waals surface area contributed by atoms with E-state index in [-0.39, 0.29) is 0 Å². The Morgan fingerprint density at radius 3 is 1.83 bits per heavy atom. The van der Waals surface area contributed by atoms with Gasteiger partial charge in [0.2, 0.25) is 0 Å². The molecule has 0 amide bonds. The van der Waals surface area contributed by atoms with Crippen molar-refractivity contribution in [3.05, 3.63) is 0 Å². The maximum absolute atomic E-state index is 2.43. The van der Waals surface area contributed by atoms with Crippen LogP contribution in [0.1, 0.15) is 67.7 Å². The summed E-state index contributed by atoms with van der Waals surface area (Å²) in [6.45, 7) is 16.7. The molecular formula is C17H40S6. The maximum atomic E-state index is 2.43. The average Bonchev–Trinajstić information content (AvgIpc) is 2.45. The van der Waals surface area contributed by atoms with E-state index in [1.807, 2.05) is 0 Å². The largest absolute Gasteiger partial charge is 0.0976 e. The van der Waals surface area contributed by atoms with Crippen molar-refractivity contribution in [2.45, 2.75) is 73.0 Å². The van der Waals surface area contributed by atoms with Gasteiger partial charge in [0.1, 0.15) is 0 Å². The maximum Gasteiger partial charge on any atom is 0.00944 e. The highest BCUT2D eigenvalue weighted by Gasteiger charge is 2.62. The van der Waals surface area contributed by atoms with Crippen molar-refractivity contribution < 1.29 is 0 Å². The normalized spacial score (nSPS) is 15.9. The van der Waals surface area contributed by atoms with E-state index in [0.29, 0.717) is 5.25 Å². The van der Waals surface area contributed by atoms with Crippen molar-refractivity contribution in [3.63, 3.8) is 0 Å². The van der Waals surface area contributed by atoms with Crippen LogP contribution in [0.3, 0.4) is 0 Å². The van der Waals surface area contributed by atoms with E-state index in [1.165, 1.54) is 42.3 Å². The van der Waals surface area contributed by atoms with Crippen LogP contribution in [0.25, 0.3) is 0 Å². The van der Waals surface area contributed by atoms with Crippen LogP contribution in [0.15, 0.2) is 0 Å². The Bertz CT molecular complexity index is 332. The molecule has 0 unspecified atom stereocenters. The topological polar surface area (TPSA) is 0 Å². The summed E-state index contributed by atoms with van der Waals surface area (Å²) in [6.07, 6.45) is 6.35. The molecule has 0 heterocycles. The summed E-state index contributed by atoms with van der Waals surface area (Å²) in [6, 6.07) is 0. The van der Waals surface area contributed by atoms with Crippen molar-refractivity contribution in [2.24, 2.45) is 5.92 Å². The molecule has 0 radical (unpaired) electrons. The molecule has 0 N–H and O–H groups in total. The molecule has 0 aromatic rings. The fourth-order valence-electron chi connectivity index (χ4n) is 2.70. The van der Waals surface area contributed by atoms with Gasteiger partial charge in [-0.05, 0) is 25.0 Å². The van der Waals surface area contributed by atoms with Gasteiger partial charge >= 0.3 is 0 Å². The van der Waals surface area contributed by atoms with Crippen LogP contribution in [0.5, 0.6) is 0 Å². The first kappa shape index (κ1) is 25.1. The summed E-state index contributed by atoms with van der Waals surface area (Å²) < 4.78 is -2.42. The number of unbranched alkanes of at least 4 members (excludes halogenated alkanes) is 1. The molecule has 0 atom stereocenters. The van der Waals surface area contributed by atoms with Crippen LogP contribution in [-0.4, -0.2) is 34.5 Å². The molecule has 0 aliphatic rings. The fourth-order valence-corrected chi connectivity index (χ4v) is 44.1. The van der Waals surface area contributed by atoms with Gasteiger partial charge in [0.15, 0.2) is 0 Å². The van der Waals surface area contributed by atoms with Crippen LogP contribution in [0.4, 0.5) is 0 Å². The van der Waals surface area contributed by atoms with Gasteiger partial charge in [0.05, 0.1) is 0 Å². The highest BCUT2D eigenvalue weighted by Crippen LogP contribution is 3.22. The molecule has 0 saturated heterocycles. The third-order valence-corrected chi connectivity index (χ3v) is 40.9. The first-order valence-electron chi connectivity index (χ1n) is 8.97. The average molecular weight is 437 g/mol. The minimum absolute atomic E-state index is 0.681. The van der Waals surface area contributed by atoms with E-state index in [0.717, 1.165) is 5.92 Å². The summed E-state index contributed by atoms with van der Waals surface area (Å²) in [7, 11) is 11.7. The first-order valence-corrected chi connectivity index (χ1v) is 19.2. The highest BCUT2D eigenvalue weighted by molar-refractivity contribution is 9.97. The summed E-state index contributed by atoms with van der Waals surface area (Å²) >= 11 is 0. The molecule has 0 spiro atoms. The van der Waals surface area contributed by atoms with Gasteiger partial charge in [0, 0.05) is 28.3 Å². The van der Waals surface area contributed by atoms with Gasteiger partial charge in [0.25, 0.3) is 0 Å². The second kappa shape index (κ2) is 10.4. The number of hydrogen-bond donors (Lipinski definition) is 0. The van der Waals surface area contributed by atoms with Crippen LogP contribution in [0.2, 0.25) is 0 Å². The molecule has 0 fully saturated rings. The zero-order valence-corrected chi connectivity index (χ0v) is 21.5. The lowest BCUT2D eigenvalue weighted by molar-refractivity contribution is 0.750. The predicted molar refractivity (Wildman–Crippen MR) is 132 cm³/mol. The second-order valence-electron chi connectivity index (χ2n) is 6.55. The zero-order chi connectivity index (χ0) is 18.0. The van der Waals surface area contributed by atoms with Gasteiger partial charge < -0.3 is 0 Å². The van der Waals surface area contributed by atoms with Crippen molar-refractivity contribution >= 4 is 57.4 Å². The third kappa shape index (κ3) is 6.64. The van der Waals surface area contributed by atoms with Crippen LogP contribution >= 0.6 is 57.4 Å². The van der Waals surface area contributed by atoms with E-state index in [1.54, 1.807) is 0 Å². The predicted octanol–water partition coefficient (Wildman–Crippen LogP) is 9.03. The molecule has 0 aromatic carbocycles. The van der Waals surface area contributed by atoms with Crippen LogP contribution in [-0.2, 0) is 0 Å². The standard InChI is InChI=1S/C17H40S6/c1-9-12-14-21-23(18-8,19-11-3,15-16(4)5,20-13-10-2)22-17(6)7/h16-17H,9-15H2,1-8H3. The SMILES string of the molecule is CCCCSS(CC(C)C)(SC)(SCC)(SCCC)SC(C)C. The fraction of sp³-hybridized carbons (Fsp3) is 1.00. The van der Waals surface area contributed by atoms with Crippen LogP contribution in [0, 0.1) is 5.92 Å². The Hall–Kier alpha value is 2.10. The zero-order valence-electron chi connectivity index (χ0n) is 16.6. The molecule has 0 bridgehead atoms. The molecule has 23 heavy (non-hydrogen) atoms. The van der Waals surface area contributed by atoms with Crippen molar-refractivity contribution in [1.29, 1.82) is 0 Å². The second-order valence-corrected chi connectivity index (χ2v) is 36.6. The van der Waals surface area contributed by atoms with Gasteiger partial charge in [-0.1, -0.05) is 112 Å². The van der Waals surface area contributed by atoms with Gasteiger partial charge in [-0.2, -0.15) is 0 Å². The van der Waals surface area contributed by atoms with Crippen molar-refractivity contribution in [3.8, 4) is 0 Å². The molecule has 0 aliphatic heterocycles. The van der Waals surface area contributed by atoms with E-state index in [2.05, 4.69) is 109 Å². The Morgan fingerprint density at radius 2 is 1.43 bits per heavy atom. The van der Waals surface area contributed by atoms with Gasteiger partial charge in [-0.3, -0.25) is 0 Å². The summed E-state index contributed by atoms with van der Waals surface area (Å²) in [5.41, 5.74) is 0. The number of rotatable bonds is 14. The summed E-state index contributed by atoms with van der Waals surface area (Å²) in [5.74, 6) is 5.94. The third-order valence-electron chi connectivity index (χ3n) is 3.30. The minimum Gasteiger partial charge on any atom is -0.0976 e. The van der Waals surface area contributed by atoms with E-state index < -0.39 is 3.45 Å². The molecular weight excluding hydrogens is 397 g/mol. The molecule has 0 aromatic heterocycles. The summed E-state index contributed by atoms with van der Waals surface area (Å²) in [4.78, 5) is 0. The van der Waals surface area contributed by atoms with E-state index >= 15 is 0 Å². The first-order chi connectivity index (χ1) is 10.7. The highest BCUT2D eigenvalue weighted by atomic mass is 34.4. The molecule has 0 saturated carbocycles. The van der Waals surface area contributed by atoms with Gasteiger partial charge in [-0.25, -0.2) is 0 Å². The monoisotopic (exact) mass is 436 g/mol. The van der Waals surface area contributed by atoms with Gasteiger partial charge in [-0.15, -0.1) is 0 Å². The molecule has 144 valence electrons. The number of hydrogen-bond acceptors (Lipinski definition) is 5. The smallest absolute Gasteiger partial charge is 0.00944 e. The summed E-state index contributed by atoms with van der Waals surface area (Å²) in [5, 5.41) is 0.681. The molecule has 0 aliphatic carbocycles.